The first-order valence-corrected chi connectivity index (χ1v) is 10.6. The van der Waals surface area contributed by atoms with Crippen molar-refractivity contribution in [3.05, 3.63) is 68.0 Å². The van der Waals surface area contributed by atoms with Crippen LogP contribution in [0.25, 0.3) is 11.3 Å². The molecule has 1 aliphatic rings. The van der Waals surface area contributed by atoms with Gasteiger partial charge in [-0.3, -0.25) is 15.1 Å². The zero-order valence-electron chi connectivity index (χ0n) is 16.2. The molecule has 0 spiro atoms. The van der Waals surface area contributed by atoms with E-state index < -0.39 is 4.92 Å². The molecule has 0 N–H and O–H groups in total. The van der Waals surface area contributed by atoms with E-state index in [0.29, 0.717) is 11.7 Å². The molecule has 0 unspecified atom stereocenters. The lowest BCUT2D eigenvalue weighted by atomic mass is 9.84. The Balaban J connectivity index is 1.62. The number of hydrogen-bond donors (Lipinski definition) is 0. The normalized spacial score (nSPS) is 16.0. The Labute approximate surface area is 172 Å². The second-order valence-electron chi connectivity index (χ2n) is 7.07. The number of nitro groups is 1. The molecular formula is C21H22N4O3S. The molecule has 0 atom stereocenters. The van der Waals surface area contributed by atoms with E-state index in [4.69, 9.17) is 4.42 Å². The van der Waals surface area contributed by atoms with Crippen LogP contribution in [0, 0.1) is 10.1 Å². The maximum atomic E-state index is 10.8. The van der Waals surface area contributed by atoms with Crippen LogP contribution in [0.3, 0.4) is 0 Å². The van der Waals surface area contributed by atoms with Gasteiger partial charge in [0.1, 0.15) is 4.92 Å². The largest absolute Gasteiger partial charge is 0.433 e. The van der Waals surface area contributed by atoms with Gasteiger partial charge < -0.3 is 4.42 Å². The third-order valence-corrected chi connectivity index (χ3v) is 6.16. The molecule has 1 saturated carbocycles. The van der Waals surface area contributed by atoms with Crippen molar-refractivity contribution >= 4 is 23.4 Å². The summed E-state index contributed by atoms with van der Waals surface area (Å²) >= 11 is 1.49. The maximum Gasteiger partial charge on any atom is 0.433 e. The lowest BCUT2D eigenvalue weighted by Gasteiger charge is -2.22. The summed E-state index contributed by atoms with van der Waals surface area (Å²) < 4.78 is 6.89. The van der Waals surface area contributed by atoms with Crippen LogP contribution >= 0.6 is 11.3 Å². The Morgan fingerprint density at radius 1 is 1.17 bits per heavy atom. The Morgan fingerprint density at radius 2 is 1.93 bits per heavy atom. The van der Waals surface area contributed by atoms with Gasteiger partial charge in [0.15, 0.2) is 5.76 Å². The van der Waals surface area contributed by atoms with E-state index in [-0.39, 0.29) is 5.88 Å². The molecule has 0 bridgehead atoms. The standard InChI is InChI=1S/C21H22N4O3S/c1-22-21-24(23-13-18-11-12-20(28-18)25(26)27)19(14-29-21)17-9-7-16(8-10-17)15-5-3-2-4-6-15/h7-15H,2-6H2,1H3. The fourth-order valence-electron chi connectivity index (χ4n) is 3.75. The van der Waals surface area contributed by atoms with Gasteiger partial charge in [0.2, 0.25) is 4.80 Å². The van der Waals surface area contributed by atoms with Crippen molar-refractivity contribution in [2.45, 2.75) is 38.0 Å². The highest BCUT2D eigenvalue weighted by molar-refractivity contribution is 7.07. The highest BCUT2D eigenvalue weighted by atomic mass is 32.1. The molecule has 0 saturated heterocycles. The summed E-state index contributed by atoms with van der Waals surface area (Å²) in [5.41, 5.74) is 3.38. The summed E-state index contributed by atoms with van der Waals surface area (Å²) in [4.78, 5) is 15.2. The summed E-state index contributed by atoms with van der Waals surface area (Å²) in [5.74, 6) is 0.679. The van der Waals surface area contributed by atoms with Crippen LogP contribution in [-0.4, -0.2) is 22.9 Å². The van der Waals surface area contributed by atoms with Gasteiger partial charge in [0, 0.05) is 18.0 Å². The molecule has 0 amide bonds. The van der Waals surface area contributed by atoms with E-state index in [9.17, 15) is 10.1 Å². The average molecular weight is 410 g/mol. The molecule has 4 rings (SSSR count). The van der Waals surface area contributed by atoms with Crippen LogP contribution in [0.2, 0.25) is 0 Å². The van der Waals surface area contributed by atoms with Gasteiger partial charge in [-0.05, 0) is 30.4 Å². The fraction of sp³-hybridized carbons (Fsp3) is 0.333. The molecule has 8 heteroatoms. The van der Waals surface area contributed by atoms with Crippen LogP contribution < -0.4 is 4.80 Å². The molecule has 1 fully saturated rings. The van der Waals surface area contributed by atoms with Crippen molar-refractivity contribution in [3.8, 4) is 11.3 Å². The zero-order chi connectivity index (χ0) is 20.2. The van der Waals surface area contributed by atoms with E-state index in [1.54, 1.807) is 11.7 Å². The van der Waals surface area contributed by atoms with Crippen molar-refractivity contribution in [3.63, 3.8) is 0 Å². The minimum atomic E-state index is -0.568. The molecule has 1 aliphatic carbocycles. The topological polar surface area (TPSA) is 85.9 Å². The smallest absolute Gasteiger partial charge is 0.400 e. The Bertz CT molecular complexity index is 1090. The van der Waals surface area contributed by atoms with E-state index in [0.717, 1.165) is 16.1 Å². The third kappa shape index (κ3) is 4.22. The first-order valence-electron chi connectivity index (χ1n) is 9.68. The predicted molar refractivity (Wildman–Crippen MR) is 113 cm³/mol. The van der Waals surface area contributed by atoms with Gasteiger partial charge in [-0.25, -0.2) is 4.68 Å². The molecule has 7 nitrogen and oxygen atoms in total. The molecule has 29 heavy (non-hydrogen) atoms. The van der Waals surface area contributed by atoms with Crippen LogP contribution in [0.1, 0.15) is 49.3 Å². The molecule has 2 aromatic heterocycles. The highest BCUT2D eigenvalue weighted by Crippen LogP contribution is 2.33. The molecular weight excluding hydrogens is 388 g/mol. The van der Waals surface area contributed by atoms with Crippen LogP contribution in [-0.2, 0) is 0 Å². The highest BCUT2D eigenvalue weighted by Gasteiger charge is 2.16. The molecule has 3 aromatic rings. The Kier molecular flexibility index (Phi) is 5.71. The van der Waals surface area contributed by atoms with Crippen molar-refractivity contribution in [2.24, 2.45) is 10.1 Å². The van der Waals surface area contributed by atoms with E-state index in [1.807, 2.05) is 5.38 Å². The summed E-state index contributed by atoms with van der Waals surface area (Å²) in [6.07, 6.45) is 8.00. The lowest BCUT2D eigenvalue weighted by Crippen LogP contribution is -2.11. The van der Waals surface area contributed by atoms with Crippen LogP contribution in [0.15, 0.2) is 56.3 Å². The first kappa shape index (κ1) is 19.3. The second-order valence-corrected chi connectivity index (χ2v) is 7.91. The Morgan fingerprint density at radius 3 is 2.59 bits per heavy atom. The van der Waals surface area contributed by atoms with Gasteiger partial charge in [0.05, 0.1) is 18.0 Å². The van der Waals surface area contributed by atoms with E-state index in [2.05, 4.69) is 34.4 Å². The summed E-state index contributed by atoms with van der Waals surface area (Å²) in [5, 5.41) is 17.3. The monoisotopic (exact) mass is 410 g/mol. The number of hydrogen-bond acceptors (Lipinski definition) is 6. The number of nitrogens with zero attached hydrogens (tertiary/aromatic N) is 4. The van der Waals surface area contributed by atoms with Gasteiger partial charge in [-0.2, -0.15) is 5.10 Å². The van der Waals surface area contributed by atoms with Crippen molar-refractivity contribution in [1.82, 2.24) is 4.68 Å². The minimum absolute atomic E-state index is 0.305. The summed E-state index contributed by atoms with van der Waals surface area (Å²) in [6.45, 7) is 0. The number of aromatic nitrogens is 1. The lowest BCUT2D eigenvalue weighted by molar-refractivity contribution is -0.402. The summed E-state index contributed by atoms with van der Waals surface area (Å²) in [6, 6.07) is 11.5. The number of thiazole rings is 1. The van der Waals surface area contributed by atoms with Crippen molar-refractivity contribution in [2.75, 3.05) is 7.05 Å². The van der Waals surface area contributed by atoms with E-state index in [1.165, 1.54) is 67.4 Å². The van der Waals surface area contributed by atoms with Crippen LogP contribution in [0.4, 0.5) is 5.88 Å². The van der Waals surface area contributed by atoms with Gasteiger partial charge in [-0.15, -0.1) is 11.3 Å². The third-order valence-electron chi connectivity index (χ3n) is 5.25. The zero-order valence-corrected chi connectivity index (χ0v) is 17.0. The van der Waals surface area contributed by atoms with Gasteiger partial charge >= 0.3 is 5.88 Å². The molecule has 2 heterocycles. The molecule has 150 valence electrons. The Hall–Kier alpha value is -3.00. The molecule has 0 radical (unpaired) electrons. The van der Waals surface area contributed by atoms with Crippen molar-refractivity contribution in [1.29, 1.82) is 0 Å². The first-order chi connectivity index (χ1) is 14.2. The fourth-order valence-corrected chi connectivity index (χ4v) is 4.55. The van der Waals surface area contributed by atoms with E-state index >= 15 is 0 Å². The van der Waals surface area contributed by atoms with Gasteiger partial charge in [-0.1, -0.05) is 43.5 Å². The van der Waals surface area contributed by atoms with Crippen molar-refractivity contribution < 1.29 is 9.34 Å². The second kappa shape index (κ2) is 8.57. The summed E-state index contributed by atoms with van der Waals surface area (Å²) in [7, 11) is 1.71. The molecule has 1 aromatic carbocycles. The van der Waals surface area contributed by atoms with Crippen LogP contribution in [0.5, 0.6) is 0 Å². The SMILES string of the molecule is CN=c1scc(-c2ccc(C3CCCCC3)cc2)n1N=Cc1ccc([N+](=O)[O-])o1. The minimum Gasteiger partial charge on any atom is -0.400 e. The average Bonchev–Trinajstić information content (AvgIpc) is 3.40. The number of furan rings is 1. The predicted octanol–water partition coefficient (Wildman–Crippen LogP) is 5.18. The molecule has 0 aliphatic heterocycles. The van der Waals surface area contributed by atoms with Gasteiger partial charge in [0.25, 0.3) is 0 Å². The number of benzene rings is 1. The quantitative estimate of drug-likeness (QED) is 0.330. The maximum absolute atomic E-state index is 10.8. The number of rotatable bonds is 5.